The first-order chi connectivity index (χ1) is 7.03. The number of thioether (sulfide) groups is 1. The molecule has 0 aromatic heterocycles. The standard InChI is InChI=1S/C11H21NO2S/c1-8(2)12-11(10(13)14-4)6-5-7-15-9(11)3/h8-9,12H,5-7H2,1-4H3. The van der Waals surface area contributed by atoms with Crippen molar-refractivity contribution in [3.63, 3.8) is 0 Å². The molecule has 15 heavy (non-hydrogen) atoms. The van der Waals surface area contributed by atoms with Crippen LogP contribution in [0.15, 0.2) is 0 Å². The Kier molecular flexibility index (Phi) is 4.46. The van der Waals surface area contributed by atoms with Crippen LogP contribution in [0.3, 0.4) is 0 Å². The summed E-state index contributed by atoms with van der Waals surface area (Å²) in [5.74, 6) is 1.02. The van der Waals surface area contributed by atoms with Gasteiger partial charge in [0.05, 0.1) is 7.11 Å². The lowest BCUT2D eigenvalue weighted by Gasteiger charge is -2.41. The zero-order valence-corrected chi connectivity index (χ0v) is 10.8. The molecule has 1 heterocycles. The molecular formula is C11H21NO2S. The molecule has 1 saturated heterocycles. The number of esters is 1. The maximum atomic E-state index is 11.9. The molecule has 88 valence electrons. The van der Waals surface area contributed by atoms with Gasteiger partial charge < -0.3 is 4.74 Å². The van der Waals surface area contributed by atoms with Crippen molar-refractivity contribution in [2.24, 2.45) is 0 Å². The quantitative estimate of drug-likeness (QED) is 0.752. The predicted octanol–water partition coefficient (Wildman–Crippen LogP) is 1.81. The number of rotatable bonds is 3. The van der Waals surface area contributed by atoms with Gasteiger partial charge in [0.25, 0.3) is 0 Å². The number of carbonyl (C=O) groups excluding carboxylic acids is 1. The van der Waals surface area contributed by atoms with E-state index in [1.54, 1.807) is 0 Å². The molecule has 1 aliphatic rings. The number of nitrogens with one attached hydrogen (secondary N) is 1. The van der Waals surface area contributed by atoms with Crippen LogP contribution < -0.4 is 5.32 Å². The molecule has 0 aliphatic carbocycles. The molecule has 0 aromatic carbocycles. The molecule has 0 saturated carbocycles. The fourth-order valence-corrected chi connectivity index (χ4v) is 3.40. The van der Waals surface area contributed by atoms with Gasteiger partial charge in [0, 0.05) is 11.3 Å². The van der Waals surface area contributed by atoms with Crippen molar-refractivity contribution in [3.8, 4) is 0 Å². The summed E-state index contributed by atoms with van der Waals surface area (Å²) in [6.07, 6.45) is 1.95. The lowest BCUT2D eigenvalue weighted by molar-refractivity contribution is -0.149. The topological polar surface area (TPSA) is 38.3 Å². The summed E-state index contributed by atoms with van der Waals surface area (Å²) in [6.45, 7) is 6.24. The summed E-state index contributed by atoms with van der Waals surface area (Å²) in [5.41, 5.74) is -0.480. The summed E-state index contributed by atoms with van der Waals surface area (Å²) in [6, 6.07) is 0.297. The molecule has 1 rings (SSSR count). The molecular weight excluding hydrogens is 210 g/mol. The Balaban J connectivity index is 2.87. The number of methoxy groups -OCH3 is 1. The van der Waals surface area contributed by atoms with E-state index >= 15 is 0 Å². The Morgan fingerprint density at radius 3 is 2.73 bits per heavy atom. The second-order valence-corrected chi connectivity index (χ2v) is 5.83. The van der Waals surface area contributed by atoms with Gasteiger partial charge in [-0.2, -0.15) is 11.8 Å². The molecule has 0 radical (unpaired) electrons. The fraction of sp³-hybridized carbons (Fsp3) is 0.909. The van der Waals surface area contributed by atoms with Crippen LogP contribution in [0.4, 0.5) is 0 Å². The van der Waals surface area contributed by atoms with Crippen LogP contribution >= 0.6 is 11.8 Å². The lowest BCUT2D eigenvalue weighted by Crippen LogP contribution is -2.62. The van der Waals surface area contributed by atoms with Crippen molar-refractivity contribution in [1.82, 2.24) is 5.32 Å². The van der Waals surface area contributed by atoms with E-state index in [9.17, 15) is 4.79 Å². The molecule has 0 bridgehead atoms. The zero-order valence-electron chi connectivity index (χ0n) is 10.0. The Hall–Kier alpha value is -0.220. The smallest absolute Gasteiger partial charge is 0.327 e. The minimum atomic E-state index is -0.480. The molecule has 0 amide bonds. The molecule has 1 fully saturated rings. The van der Waals surface area contributed by atoms with Crippen LogP contribution in [-0.4, -0.2) is 35.7 Å². The van der Waals surface area contributed by atoms with Gasteiger partial charge in [-0.05, 0) is 32.4 Å². The average molecular weight is 231 g/mol. The summed E-state index contributed by atoms with van der Waals surface area (Å²) in [7, 11) is 1.47. The molecule has 2 atom stereocenters. The third kappa shape index (κ3) is 2.67. The van der Waals surface area contributed by atoms with Crippen LogP contribution in [-0.2, 0) is 9.53 Å². The largest absolute Gasteiger partial charge is 0.468 e. The molecule has 3 nitrogen and oxygen atoms in total. The number of carbonyl (C=O) groups is 1. The zero-order chi connectivity index (χ0) is 11.5. The predicted molar refractivity (Wildman–Crippen MR) is 64.2 cm³/mol. The molecule has 0 aromatic rings. The average Bonchev–Trinajstić information content (AvgIpc) is 2.19. The van der Waals surface area contributed by atoms with E-state index in [0.717, 1.165) is 18.6 Å². The van der Waals surface area contributed by atoms with Gasteiger partial charge in [0.1, 0.15) is 5.54 Å². The van der Waals surface area contributed by atoms with Crippen LogP contribution in [0.1, 0.15) is 33.6 Å². The minimum absolute atomic E-state index is 0.115. The minimum Gasteiger partial charge on any atom is -0.468 e. The molecule has 1 N–H and O–H groups in total. The van der Waals surface area contributed by atoms with Crippen LogP contribution in [0.25, 0.3) is 0 Å². The number of hydrogen-bond acceptors (Lipinski definition) is 4. The summed E-state index contributed by atoms with van der Waals surface area (Å²) >= 11 is 1.85. The normalized spacial score (nSPS) is 31.7. The van der Waals surface area contributed by atoms with Crippen LogP contribution in [0.2, 0.25) is 0 Å². The molecule has 0 spiro atoms. The Labute approximate surface area is 96.3 Å². The van der Waals surface area contributed by atoms with E-state index in [0.29, 0.717) is 6.04 Å². The first-order valence-corrected chi connectivity index (χ1v) is 6.55. The first-order valence-electron chi connectivity index (χ1n) is 5.50. The van der Waals surface area contributed by atoms with E-state index in [2.05, 4.69) is 26.1 Å². The Morgan fingerprint density at radius 2 is 2.27 bits per heavy atom. The van der Waals surface area contributed by atoms with E-state index in [1.807, 2.05) is 11.8 Å². The van der Waals surface area contributed by atoms with Crippen molar-refractivity contribution in [1.29, 1.82) is 0 Å². The number of hydrogen-bond donors (Lipinski definition) is 1. The van der Waals surface area contributed by atoms with Gasteiger partial charge in [0.15, 0.2) is 0 Å². The van der Waals surface area contributed by atoms with Crippen LogP contribution in [0.5, 0.6) is 0 Å². The second-order valence-electron chi connectivity index (χ2n) is 4.38. The van der Waals surface area contributed by atoms with Gasteiger partial charge in [-0.15, -0.1) is 0 Å². The van der Waals surface area contributed by atoms with Crippen molar-refractivity contribution < 1.29 is 9.53 Å². The van der Waals surface area contributed by atoms with Crippen LogP contribution in [0, 0.1) is 0 Å². The maximum absolute atomic E-state index is 11.9. The van der Waals surface area contributed by atoms with E-state index < -0.39 is 5.54 Å². The van der Waals surface area contributed by atoms with Crippen molar-refractivity contribution in [2.75, 3.05) is 12.9 Å². The van der Waals surface area contributed by atoms with Crippen molar-refractivity contribution in [2.45, 2.75) is 50.4 Å². The summed E-state index contributed by atoms with van der Waals surface area (Å²) in [4.78, 5) is 11.9. The SMILES string of the molecule is COC(=O)C1(NC(C)C)CCCSC1C. The maximum Gasteiger partial charge on any atom is 0.327 e. The fourth-order valence-electron chi connectivity index (χ4n) is 2.17. The van der Waals surface area contributed by atoms with Gasteiger partial charge in [-0.3, -0.25) is 10.1 Å². The van der Waals surface area contributed by atoms with E-state index in [1.165, 1.54) is 7.11 Å². The van der Waals surface area contributed by atoms with Gasteiger partial charge in [0.2, 0.25) is 0 Å². The highest BCUT2D eigenvalue weighted by Crippen LogP contribution is 2.35. The Morgan fingerprint density at radius 1 is 1.60 bits per heavy atom. The Bertz CT molecular complexity index is 233. The van der Waals surface area contributed by atoms with E-state index in [4.69, 9.17) is 4.74 Å². The highest BCUT2D eigenvalue weighted by molar-refractivity contribution is 8.00. The summed E-state index contributed by atoms with van der Waals surface area (Å²) in [5, 5.41) is 3.68. The van der Waals surface area contributed by atoms with Gasteiger partial charge >= 0.3 is 5.97 Å². The third-order valence-corrected chi connectivity index (χ3v) is 4.30. The molecule has 4 heteroatoms. The monoisotopic (exact) mass is 231 g/mol. The first kappa shape index (κ1) is 12.8. The third-order valence-electron chi connectivity index (χ3n) is 2.87. The molecule has 1 aliphatic heterocycles. The van der Waals surface area contributed by atoms with Gasteiger partial charge in [-0.25, -0.2) is 0 Å². The summed E-state index contributed by atoms with van der Waals surface area (Å²) < 4.78 is 4.95. The van der Waals surface area contributed by atoms with Crippen molar-refractivity contribution >= 4 is 17.7 Å². The van der Waals surface area contributed by atoms with Crippen molar-refractivity contribution in [3.05, 3.63) is 0 Å². The van der Waals surface area contributed by atoms with Gasteiger partial charge in [-0.1, -0.05) is 6.92 Å². The highest BCUT2D eigenvalue weighted by Gasteiger charge is 2.46. The second kappa shape index (κ2) is 5.21. The lowest BCUT2D eigenvalue weighted by atomic mass is 9.88. The number of ether oxygens (including phenoxy) is 1. The highest BCUT2D eigenvalue weighted by atomic mass is 32.2. The molecule has 2 unspecified atom stereocenters. The van der Waals surface area contributed by atoms with E-state index in [-0.39, 0.29) is 11.2 Å².